The monoisotopic (exact) mass is 410 g/mol. The Hall–Kier alpha value is -1.91. The second kappa shape index (κ2) is 7.35. The molecule has 30 heavy (non-hydrogen) atoms. The fraction of sp³-hybridized carbons (Fsp3) is 0.720. The van der Waals surface area contributed by atoms with E-state index in [0.717, 1.165) is 42.2 Å². The Bertz CT molecular complexity index is 850. The van der Waals surface area contributed by atoms with Gasteiger partial charge in [-0.15, -0.1) is 0 Å². The van der Waals surface area contributed by atoms with Crippen LogP contribution in [0, 0.1) is 44.6 Å². The first-order valence-corrected chi connectivity index (χ1v) is 11.9. The predicted molar refractivity (Wildman–Crippen MR) is 118 cm³/mol. The van der Waals surface area contributed by atoms with E-state index in [0.29, 0.717) is 16.6 Å². The summed E-state index contributed by atoms with van der Waals surface area (Å²) in [5.41, 5.74) is 2.32. The molecule has 4 aliphatic rings. The Balaban J connectivity index is 1.27. The van der Waals surface area contributed by atoms with Crippen molar-refractivity contribution >= 4 is 11.4 Å². The van der Waals surface area contributed by atoms with E-state index < -0.39 is 4.92 Å². The van der Waals surface area contributed by atoms with Crippen molar-refractivity contribution in [1.82, 2.24) is 0 Å². The largest absolute Gasteiger partial charge is 0.357 e. The van der Waals surface area contributed by atoms with Crippen molar-refractivity contribution in [3.05, 3.63) is 34.4 Å². The van der Waals surface area contributed by atoms with E-state index in [1.807, 2.05) is 0 Å². The van der Waals surface area contributed by atoms with Gasteiger partial charge in [0.15, 0.2) is 5.75 Å². The van der Waals surface area contributed by atoms with Crippen LogP contribution in [0.2, 0.25) is 0 Å². The Labute approximate surface area is 179 Å². The zero-order chi connectivity index (χ0) is 20.9. The molecule has 5 rings (SSSR count). The van der Waals surface area contributed by atoms with Crippen LogP contribution in [0.15, 0.2) is 29.4 Å². The Morgan fingerprint density at radius 2 is 1.83 bits per heavy atom. The second-order valence-electron chi connectivity index (χ2n) is 10.9. The molecule has 0 bridgehead atoms. The molecule has 6 atom stereocenters. The maximum atomic E-state index is 10.8. The summed E-state index contributed by atoms with van der Waals surface area (Å²) in [6.07, 6.45) is 13.3. The van der Waals surface area contributed by atoms with E-state index in [2.05, 4.69) is 19.0 Å². The fourth-order valence-electron chi connectivity index (χ4n) is 7.88. The maximum absolute atomic E-state index is 10.8. The van der Waals surface area contributed by atoms with Gasteiger partial charge in [0.25, 0.3) is 5.69 Å². The lowest BCUT2D eigenvalue weighted by Gasteiger charge is -2.60. The summed E-state index contributed by atoms with van der Waals surface area (Å²) in [7, 11) is 0. The van der Waals surface area contributed by atoms with Crippen LogP contribution < -0.4 is 4.84 Å². The van der Waals surface area contributed by atoms with Crippen LogP contribution >= 0.6 is 0 Å². The van der Waals surface area contributed by atoms with Crippen LogP contribution in [-0.2, 0) is 0 Å². The predicted octanol–water partition coefficient (Wildman–Crippen LogP) is 6.76. The molecule has 0 N–H and O–H groups in total. The summed E-state index contributed by atoms with van der Waals surface area (Å²) in [6, 6.07) is 6.19. The van der Waals surface area contributed by atoms with Gasteiger partial charge in [-0.1, -0.05) is 25.4 Å². The molecule has 0 radical (unpaired) electrons. The first-order chi connectivity index (χ1) is 14.4. The lowest BCUT2D eigenvalue weighted by Crippen LogP contribution is -2.52. The molecule has 0 unspecified atom stereocenters. The van der Waals surface area contributed by atoms with E-state index in [9.17, 15) is 10.1 Å². The van der Waals surface area contributed by atoms with Crippen LogP contribution in [0.5, 0.6) is 5.75 Å². The lowest BCUT2D eigenvalue weighted by atomic mass is 9.45. The number of nitrogens with zero attached hydrogens (tertiary/aromatic N) is 2. The van der Waals surface area contributed by atoms with Gasteiger partial charge < -0.3 is 4.84 Å². The molecule has 1 aromatic carbocycles. The molecule has 0 spiro atoms. The first kappa shape index (κ1) is 20.0. The second-order valence-corrected chi connectivity index (χ2v) is 10.9. The SMILES string of the molecule is C[C@@]12CCC[C@H]1[C@@H]1CC[C@H]3C/C(=N/Oc4ccc([N+](=O)[O-])cc4)CC[C@]3(C)[C@H]1CC2. The Morgan fingerprint density at radius 1 is 1.03 bits per heavy atom. The zero-order valence-corrected chi connectivity index (χ0v) is 18.3. The lowest BCUT2D eigenvalue weighted by molar-refractivity contribution is -0.384. The van der Waals surface area contributed by atoms with Crippen LogP contribution in [0.25, 0.3) is 0 Å². The molecule has 5 nitrogen and oxygen atoms in total. The molecule has 0 aromatic heterocycles. The molecular formula is C25H34N2O3. The molecule has 5 heteroatoms. The summed E-state index contributed by atoms with van der Waals surface area (Å²) < 4.78 is 0. The van der Waals surface area contributed by atoms with Crippen LogP contribution in [0.3, 0.4) is 0 Å². The van der Waals surface area contributed by atoms with Gasteiger partial charge in [0.1, 0.15) is 0 Å². The minimum absolute atomic E-state index is 0.0750. The van der Waals surface area contributed by atoms with Gasteiger partial charge in [-0.2, -0.15) is 0 Å². The first-order valence-electron chi connectivity index (χ1n) is 11.9. The topological polar surface area (TPSA) is 64.7 Å². The molecule has 0 heterocycles. The molecule has 4 fully saturated rings. The standard InChI is InChI=1S/C25H34N2O3/c1-24-13-3-4-22(24)21-10-5-17-16-18(11-15-25(17,2)23(21)12-14-24)26-30-20-8-6-19(7-9-20)27(28)29/h6-9,17,21-23H,3-5,10-16H2,1-2H3/b26-18+/t17-,21-,22-,23-,24-,25-/m0/s1. The number of non-ortho nitro benzene ring substituents is 1. The van der Waals surface area contributed by atoms with Gasteiger partial charge in [-0.25, -0.2) is 0 Å². The molecule has 4 saturated carbocycles. The fourth-order valence-corrected chi connectivity index (χ4v) is 7.88. The van der Waals surface area contributed by atoms with Gasteiger partial charge in [0.05, 0.1) is 10.6 Å². The van der Waals surface area contributed by atoms with E-state index in [-0.39, 0.29) is 5.69 Å². The van der Waals surface area contributed by atoms with Crippen molar-refractivity contribution in [3.8, 4) is 5.75 Å². The summed E-state index contributed by atoms with van der Waals surface area (Å²) in [5.74, 6) is 4.09. The average molecular weight is 411 g/mol. The maximum Gasteiger partial charge on any atom is 0.269 e. The summed E-state index contributed by atoms with van der Waals surface area (Å²) in [4.78, 5) is 16.0. The van der Waals surface area contributed by atoms with Crippen molar-refractivity contribution < 1.29 is 9.76 Å². The number of nitro groups is 1. The highest BCUT2D eigenvalue weighted by atomic mass is 16.6. The molecule has 0 saturated heterocycles. The molecule has 162 valence electrons. The molecule has 0 amide bonds. The van der Waals surface area contributed by atoms with Crippen molar-refractivity contribution in [1.29, 1.82) is 0 Å². The summed E-state index contributed by atoms with van der Waals surface area (Å²) in [5, 5.41) is 15.3. The van der Waals surface area contributed by atoms with Crippen LogP contribution in [0.1, 0.15) is 78.1 Å². The smallest absolute Gasteiger partial charge is 0.269 e. The van der Waals surface area contributed by atoms with Gasteiger partial charge in [-0.3, -0.25) is 10.1 Å². The highest BCUT2D eigenvalue weighted by molar-refractivity contribution is 5.85. The zero-order valence-electron chi connectivity index (χ0n) is 18.3. The number of nitro benzene ring substituents is 1. The van der Waals surface area contributed by atoms with Crippen LogP contribution in [0.4, 0.5) is 5.69 Å². The van der Waals surface area contributed by atoms with Crippen molar-refractivity contribution in [2.45, 2.75) is 78.1 Å². The number of fused-ring (bicyclic) bond motifs is 5. The number of hydrogen-bond acceptors (Lipinski definition) is 4. The third-order valence-electron chi connectivity index (χ3n) is 9.61. The third kappa shape index (κ3) is 3.25. The van der Waals surface area contributed by atoms with Gasteiger partial charge in [0.2, 0.25) is 0 Å². The number of oxime groups is 1. The Kier molecular flexibility index (Phi) is 4.90. The number of benzene rings is 1. The Morgan fingerprint density at radius 3 is 2.60 bits per heavy atom. The molecule has 0 aliphatic heterocycles. The molecule has 1 aromatic rings. The van der Waals surface area contributed by atoms with Crippen molar-refractivity contribution in [2.24, 2.45) is 39.7 Å². The summed E-state index contributed by atoms with van der Waals surface area (Å²) in [6.45, 7) is 5.16. The van der Waals surface area contributed by atoms with Crippen LogP contribution in [-0.4, -0.2) is 10.6 Å². The third-order valence-corrected chi connectivity index (χ3v) is 9.61. The number of rotatable bonds is 3. The molecule has 4 aliphatic carbocycles. The molecular weight excluding hydrogens is 376 g/mol. The average Bonchev–Trinajstić information content (AvgIpc) is 3.14. The van der Waals surface area contributed by atoms with E-state index in [4.69, 9.17) is 4.84 Å². The minimum Gasteiger partial charge on any atom is -0.357 e. The van der Waals surface area contributed by atoms with Crippen molar-refractivity contribution in [2.75, 3.05) is 0 Å². The van der Waals surface area contributed by atoms with Crippen molar-refractivity contribution in [3.63, 3.8) is 0 Å². The normalized spacial score (nSPS) is 41.6. The highest BCUT2D eigenvalue weighted by Gasteiger charge is 2.57. The van der Waals surface area contributed by atoms with E-state index in [1.54, 1.807) is 12.1 Å². The number of hydrogen-bond donors (Lipinski definition) is 0. The van der Waals surface area contributed by atoms with Gasteiger partial charge in [-0.05, 0) is 104 Å². The summed E-state index contributed by atoms with van der Waals surface area (Å²) >= 11 is 0. The minimum atomic E-state index is -0.395. The van der Waals surface area contributed by atoms with Gasteiger partial charge >= 0.3 is 0 Å². The quantitative estimate of drug-likeness (QED) is 0.408. The van der Waals surface area contributed by atoms with E-state index >= 15 is 0 Å². The van der Waals surface area contributed by atoms with Gasteiger partial charge in [0, 0.05) is 12.1 Å². The van der Waals surface area contributed by atoms with E-state index in [1.165, 1.54) is 63.5 Å². The highest BCUT2D eigenvalue weighted by Crippen LogP contribution is 2.65.